The first-order chi connectivity index (χ1) is 11.8. The Labute approximate surface area is 162 Å². The van der Waals surface area contributed by atoms with Crippen LogP contribution in [0.15, 0.2) is 48.5 Å². The second-order valence-electron chi connectivity index (χ2n) is 6.70. The number of aryl methyl sites for hydroxylation is 1. The average Bonchev–Trinajstić information content (AvgIpc) is 2.61. The molecule has 0 radical (unpaired) electrons. The third kappa shape index (κ3) is 5.48. The van der Waals surface area contributed by atoms with E-state index in [1.807, 2.05) is 62.4 Å². The summed E-state index contributed by atoms with van der Waals surface area (Å²) < 4.78 is 6.00. The summed E-state index contributed by atoms with van der Waals surface area (Å²) in [7, 11) is 0. The number of hydrogen-bond acceptors (Lipinski definition) is 3. The van der Waals surface area contributed by atoms with Crippen molar-refractivity contribution in [2.45, 2.75) is 52.3 Å². The molecule has 1 amide bonds. The molecule has 0 fully saturated rings. The number of rotatable bonds is 7. The molecule has 26 heavy (non-hydrogen) atoms. The van der Waals surface area contributed by atoms with Crippen molar-refractivity contribution in [3.05, 3.63) is 65.2 Å². The highest BCUT2D eigenvalue weighted by atomic mass is 35.5. The van der Waals surface area contributed by atoms with Gasteiger partial charge < -0.3 is 15.8 Å². The van der Waals surface area contributed by atoms with E-state index in [9.17, 15) is 4.79 Å². The molecule has 0 aliphatic heterocycles. The van der Waals surface area contributed by atoms with Gasteiger partial charge in [0.1, 0.15) is 11.3 Å². The highest BCUT2D eigenvalue weighted by Crippen LogP contribution is 2.23. The van der Waals surface area contributed by atoms with Crippen molar-refractivity contribution in [3.63, 3.8) is 0 Å². The predicted molar refractivity (Wildman–Crippen MR) is 109 cm³/mol. The second-order valence-corrected chi connectivity index (χ2v) is 6.70. The summed E-state index contributed by atoms with van der Waals surface area (Å²) in [6, 6.07) is 15.4. The Morgan fingerprint density at radius 3 is 2.50 bits per heavy atom. The van der Waals surface area contributed by atoms with Crippen LogP contribution in [0.4, 0.5) is 0 Å². The van der Waals surface area contributed by atoms with Crippen molar-refractivity contribution in [2.24, 2.45) is 5.73 Å². The van der Waals surface area contributed by atoms with Gasteiger partial charge in [-0.2, -0.15) is 0 Å². The van der Waals surface area contributed by atoms with E-state index in [4.69, 9.17) is 10.5 Å². The molecule has 0 saturated carbocycles. The van der Waals surface area contributed by atoms with Gasteiger partial charge in [0.2, 0.25) is 5.91 Å². The molecule has 0 aliphatic carbocycles. The Balaban J connectivity index is 0.00000338. The summed E-state index contributed by atoms with van der Waals surface area (Å²) >= 11 is 0. The van der Waals surface area contributed by atoms with Crippen molar-refractivity contribution in [3.8, 4) is 5.75 Å². The maximum absolute atomic E-state index is 12.6. The van der Waals surface area contributed by atoms with Gasteiger partial charge in [-0.1, -0.05) is 49.4 Å². The molecule has 0 spiro atoms. The minimum Gasteiger partial charge on any atom is -0.490 e. The van der Waals surface area contributed by atoms with E-state index in [2.05, 4.69) is 12.2 Å². The number of hydrogen-bond donors (Lipinski definition) is 2. The minimum atomic E-state index is -1.08. The van der Waals surface area contributed by atoms with Gasteiger partial charge in [-0.3, -0.25) is 4.79 Å². The molecule has 142 valence electrons. The first kappa shape index (κ1) is 22.0. The monoisotopic (exact) mass is 376 g/mol. The van der Waals surface area contributed by atoms with Gasteiger partial charge in [0.15, 0.2) is 0 Å². The van der Waals surface area contributed by atoms with E-state index in [-0.39, 0.29) is 24.4 Å². The van der Waals surface area contributed by atoms with Crippen LogP contribution in [0.1, 0.15) is 43.9 Å². The molecule has 3 N–H and O–H groups in total. The first-order valence-electron chi connectivity index (χ1n) is 8.73. The lowest BCUT2D eigenvalue weighted by molar-refractivity contribution is -0.126. The normalized spacial score (nSPS) is 13.9. The van der Waals surface area contributed by atoms with Crippen LogP contribution in [0.25, 0.3) is 0 Å². The van der Waals surface area contributed by atoms with Gasteiger partial charge in [-0.25, -0.2) is 0 Å². The zero-order valence-corrected chi connectivity index (χ0v) is 16.7. The number of benzene rings is 2. The highest BCUT2D eigenvalue weighted by molar-refractivity contribution is 5.87. The van der Waals surface area contributed by atoms with Crippen molar-refractivity contribution >= 4 is 18.3 Å². The zero-order chi connectivity index (χ0) is 18.4. The van der Waals surface area contributed by atoms with E-state index in [1.165, 1.54) is 0 Å². The van der Waals surface area contributed by atoms with Gasteiger partial charge in [0.25, 0.3) is 0 Å². The molecule has 0 saturated heterocycles. The maximum atomic E-state index is 12.6. The average molecular weight is 377 g/mol. The molecule has 2 aromatic rings. The third-order valence-corrected chi connectivity index (χ3v) is 4.41. The topological polar surface area (TPSA) is 64.3 Å². The van der Waals surface area contributed by atoms with E-state index in [1.54, 1.807) is 6.92 Å². The van der Waals surface area contributed by atoms with Crippen LogP contribution < -0.4 is 15.8 Å². The first-order valence-corrected chi connectivity index (χ1v) is 8.73. The number of nitrogens with two attached hydrogens (primary N) is 1. The fourth-order valence-corrected chi connectivity index (χ4v) is 2.49. The van der Waals surface area contributed by atoms with Crippen LogP contribution in [0.5, 0.6) is 5.75 Å². The number of halogens is 1. The number of ether oxygens (including phenoxy) is 1. The van der Waals surface area contributed by atoms with E-state index >= 15 is 0 Å². The fraction of sp³-hybridized carbons (Fsp3) is 0.381. The van der Waals surface area contributed by atoms with Crippen LogP contribution in [0.3, 0.4) is 0 Å². The molecule has 2 unspecified atom stereocenters. The van der Waals surface area contributed by atoms with Crippen LogP contribution in [0.2, 0.25) is 0 Å². The number of amides is 1. The summed E-state index contributed by atoms with van der Waals surface area (Å²) in [5.74, 6) is 0.599. The van der Waals surface area contributed by atoms with Gasteiger partial charge >= 0.3 is 0 Å². The van der Waals surface area contributed by atoms with Gasteiger partial charge in [-0.15, -0.1) is 12.4 Å². The van der Waals surface area contributed by atoms with Gasteiger partial charge in [0.05, 0.1) is 6.10 Å². The predicted octanol–water partition coefficient (Wildman–Crippen LogP) is 4.08. The van der Waals surface area contributed by atoms with Gasteiger partial charge in [0, 0.05) is 12.1 Å². The van der Waals surface area contributed by atoms with E-state index < -0.39 is 5.54 Å². The molecule has 0 aromatic heterocycles. The summed E-state index contributed by atoms with van der Waals surface area (Å²) in [6.45, 7) is 8.25. The molecule has 2 rings (SSSR count). The van der Waals surface area contributed by atoms with Crippen LogP contribution in [-0.4, -0.2) is 12.0 Å². The SMILES string of the molecule is CCC(C)Oc1cc(C)ccc1CNC(=O)C(C)(N)c1ccccc1.Cl. The maximum Gasteiger partial charge on any atom is 0.244 e. The summed E-state index contributed by atoms with van der Waals surface area (Å²) in [4.78, 5) is 12.6. The lowest BCUT2D eigenvalue weighted by Gasteiger charge is -2.24. The lowest BCUT2D eigenvalue weighted by Crippen LogP contribution is -2.48. The quantitative estimate of drug-likeness (QED) is 0.765. The Morgan fingerprint density at radius 2 is 1.88 bits per heavy atom. The molecule has 2 aromatic carbocycles. The van der Waals surface area contributed by atoms with Crippen molar-refractivity contribution in [1.82, 2.24) is 5.32 Å². The standard InChI is InChI=1S/C21H28N2O2.ClH/c1-5-16(3)25-19-13-15(2)11-12-17(19)14-23-20(24)21(4,22)18-9-7-6-8-10-18;/h6-13,16H,5,14,22H2,1-4H3,(H,23,24);1H. The molecule has 5 heteroatoms. The van der Waals surface area contributed by atoms with Crippen molar-refractivity contribution in [1.29, 1.82) is 0 Å². The fourth-order valence-electron chi connectivity index (χ4n) is 2.49. The zero-order valence-electron chi connectivity index (χ0n) is 15.9. The smallest absolute Gasteiger partial charge is 0.244 e. The van der Waals surface area contributed by atoms with Crippen molar-refractivity contribution < 1.29 is 9.53 Å². The van der Waals surface area contributed by atoms with E-state index in [0.717, 1.165) is 28.9 Å². The van der Waals surface area contributed by atoms with Crippen LogP contribution in [0, 0.1) is 6.92 Å². The lowest BCUT2D eigenvalue weighted by atomic mass is 9.92. The number of nitrogens with one attached hydrogen (secondary N) is 1. The molecule has 0 heterocycles. The Kier molecular flexibility index (Phi) is 8.12. The third-order valence-electron chi connectivity index (χ3n) is 4.41. The molecule has 0 bridgehead atoms. The van der Waals surface area contributed by atoms with Gasteiger partial charge in [-0.05, 0) is 44.4 Å². The molecular formula is C21H29ClN2O2. The minimum absolute atomic E-state index is 0. The van der Waals surface area contributed by atoms with Crippen LogP contribution >= 0.6 is 12.4 Å². The Bertz CT molecular complexity index is 717. The molecule has 4 nitrogen and oxygen atoms in total. The molecule has 2 atom stereocenters. The summed E-state index contributed by atoms with van der Waals surface area (Å²) in [5, 5.41) is 2.94. The highest BCUT2D eigenvalue weighted by Gasteiger charge is 2.30. The second kappa shape index (κ2) is 9.60. The van der Waals surface area contributed by atoms with E-state index in [0.29, 0.717) is 6.54 Å². The largest absolute Gasteiger partial charge is 0.490 e. The Hall–Kier alpha value is -2.04. The van der Waals surface area contributed by atoms with Crippen LogP contribution in [-0.2, 0) is 16.9 Å². The number of carbonyl (C=O) groups excluding carboxylic acids is 1. The number of carbonyl (C=O) groups is 1. The summed E-state index contributed by atoms with van der Waals surface area (Å²) in [6.07, 6.45) is 1.05. The summed E-state index contributed by atoms with van der Waals surface area (Å²) in [5.41, 5.74) is 8.05. The molecular weight excluding hydrogens is 348 g/mol. The molecule has 0 aliphatic rings. The van der Waals surface area contributed by atoms with Crippen molar-refractivity contribution in [2.75, 3.05) is 0 Å². The Morgan fingerprint density at radius 1 is 1.23 bits per heavy atom.